The minimum absolute atomic E-state index is 0.0253. The molecular weight excluding hydrogens is 310 g/mol. The van der Waals surface area contributed by atoms with Crippen LogP contribution in [0.5, 0.6) is 0 Å². The van der Waals surface area contributed by atoms with E-state index in [2.05, 4.69) is 21.6 Å². The van der Waals surface area contributed by atoms with Crippen LogP contribution in [-0.4, -0.2) is 63.5 Å². The van der Waals surface area contributed by atoms with Crippen LogP contribution in [0.1, 0.15) is 25.7 Å². The average molecular weight is 337 g/mol. The first-order valence-corrected chi connectivity index (χ1v) is 10.0. The highest BCUT2D eigenvalue weighted by Gasteiger charge is 2.34. The van der Waals surface area contributed by atoms with Crippen LogP contribution in [0.25, 0.3) is 0 Å². The molecule has 1 aliphatic carbocycles. The summed E-state index contributed by atoms with van der Waals surface area (Å²) < 4.78 is 28.3. The molecule has 1 saturated carbocycles. The molecule has 128 valence electrons. The van der Waals surface area contributed by atoms with Crippen LogP contribution in [0.15, 0.2) is 35.2 Å². The Kier molecular flexibility index (Phi) is 5.36. The average Bonchev–Trinajstić information content (AvgIpc) is 2.57. The summed E-state index contributed by atoms with van der Waals surface area (Å²) in [6, 6.07) is 9.06. The molecule has 0 unspecified atom stereocenters. The number of sulfonamides is 1. The van der Waals surface area contributed by atoms with Crippen molar-refractivity contribution in [2.24, 2.45) is 0 Å². The first-order valence-electron chi connectivity index (χ1n) is 8.56. The zero-order chi connectivity index (χ0) is 16.3. The van der Waals surface area contributed by atoms with E-state index < -0.39 is 10.0 Å². The predicted molar refractivity (Wildman–Crippen MR) is 91.9 cm³/mol. The highest BCUT2D eigenvalue weighted by molar-refractivity contribution is 7.89. The summed E-state index contributed by atoms with van der Waals surface area (Å²) in [6.45, 7) is 4.19. The van der Waals surface area contributed by atoms with Gasteiger partial charge < -0.3 is 4.90 Å². The first-order chi connectivity index (χ1) is 11.1. The molecule has 2 aliphatic rings. The van der Waals surface area contributed by atoms with Crippen molar-refractivity contribution in [3.63, 3.8) is 0 Å². The maximum atomic E-state index is 12.6. The van der Waals surface area contributed by atoms with Crippen molar-refractivity contribution < 1.29 is 8.42 Å². The lowest BCUT2D eigenvalue weighted by atomic mass is 9.89. The van der Waals surface area contributed by atoms with Crippen LogP contribution < -0.4 is 4.72 Å². The lowest BCUT2D eigenvalue weighted by molar-refractivity contribution is 0.0766. The van der Waals surface area contributed by atoms with E-state index in [4.69, 9.17) is 0 Å². The minimum atomic E-state index is -3.43. The van der Waals surface area contributed by atoms with Crippen LogP contribution in [-0.2, 0) is 10.0 Å². The van der Waals surface area contributed by atoms with Crippen LogP contribution in [0.3, 0.4) is 0 Å². The van der Waals surface area contributed by atoms with Crippen molar-refractivity contribution in [1.29, 1.82) is 0 Å². The third kappa shape index (κ3) is 4.12. The Morgan fingerprint density at radius 2 is 1.65 bits per heavy atom. The molecule has 1 N–H and O–H groups in total. The number of hydrogen-bond donors (Lipinski definition) is 1. The molecule has 2 fully saturated rings. The fourth-order valence-corrected chi connectivity index (χ4v) is 5.03. The van der Waals surface area contributed by atoms with E-state index in [9.17, 15) is 8.42 Å². The highest BCUT2D eigenvalue weighted by Crippen LogP contribution is 2.25. The minimum Gasteiger partial charge on any atom is -0.304 e. The smallest absolute Gasteiger partial charge is 0.240 e. The summed E-state index contributed by atoms with van der Waals surface area (Å²) in [6.07, 6.45) is 4.32. The van der Waals surface area contributed by atoms with Gasteiger partial charge in [-0.2, -0.15) is 0 Å². The third-order valence-electron chi connectivity index (χ3n) is 5.10. The van der Waals surface area contributed by atoms with Crippen LogP contribution >= 0.6 is 0 Å². The molecule has 3 rings (SSSR count). The molecule has 6 heteroatoms. The fraction of sp³-hybridized carbons (Fsp3) is 0.647. The summed E-state index contributed by atoms with van der Waals surface area (Å²) in [5.74, 6) is 0. The van der Waals surface area contributed by atoms with Gasteiger partial charge in [-0.15, -0.1) is 0 Å². The van der Waals surface area contributed by atoms with Crippen molar-refractivity contribution in [1.82, 2.24) is 14.5 Å². The van der Waals surface area contributed by atoms with Crippen molar-refractivity contribution in [3.05, 3.63) is 30.3 Å². The van der Waals surface area contributed by atoms with Gasteiger partial charge in [0.15, 0.2) is 0 Å². The topological polar surface area (TPSA) is 52.6 Å². The van der Waals surface area contributed by atoms with Gasteiger partial charge in [-0.1, -0.05) is 31.0 Å². The number of benzene rings is 1. The molecule has 0 bridgehead atoms. The summed E-state index contributed by atoms with van der Waals surface area (Å²) in [4.78, 5) is 5.18. The molecule has 1 aromatic carbocycles. The summed E-state index contributed by atoms with van der Waals surface area (Å²) in [5, 5.41) is 0. The van der Waals surface area contributed by atoms with E-state index >= 15 is 0 Å². The van der Waals surface area contributed by atoms with Gasteiger partial charge in [-0.05, 0) is 32.0 Å². The lowest BCUT2D eigenvalue weighted by Crippen LogP contribution is -2.57. The second-order valence-electron chi connectivity index (χ2n) is 6.73. The van der Waals surface area contributed by atoms with Gasteiger partial charge in [0.2, 0.25) is 10.0 Å². The molecule has 1 saturated heterocycles. The normalized spacial score (nSPS) is 27.9. The summed E-state index contributed by atoms with van der Waals surface area (Å²) >= 11 is 0. The molecule has 0 radical (unpaired) electrons. The van der Waals surface area contributed by atoms with E-state index in [1.54, 1.807) is 24.3 Å². The SMILES string of the molecule is CN1CCN([C@H]2CCCC[C@@H]2NS(=O)(=O)c2ccccc2)CC1. The molecule has 0 amide bonds. The van der Waals surface area contributed by atoms with Gasteiger partial charge in [-0.3, -0.25) is 4.90 Å². The van der Waals surface area contributed by atoms with E-state index in [1.807, 2.05) is 6.07 Å². The molecule has 1 heterocycles. The highest BCUT2D eigenvalue weighted by atomic mass is 32.2. The van der Waals surface area contributed by atoms with E-state index in [-0.39, 0.29) is 6.04 Å². The maximum Gasteiger partial charge on any atom is 0.240 e. The lowest BCUT2D eigenvalue weighted by Gasteiger charge is -2.43. The van der Waals surface area contributed by atoms with Gasteiger partial charge in [0, 0.05) is 38.3 Å². The molecule has 23 heavy (non-hydrogen) atoms. The van der Waals surface area contributed by atoms with Crippen molar-refractivity contribution in [2.75, 3.05) is 33.2 Å². The Morgan fingerprint density at radius 3 is 2.35 bits per heavy atom. The number of rotatable bonds is 4. The van der Waals surface area contributed by atoms with Gasteiger partial charge >= 0.3 is 0 Å². The van der Waals surface area contributed by atoms with Crippen LogP contribution in [0.2, 0.25) is 0 Å². The van der Waals surface area contributed by atoms with E-state index in [0.717, 1.165) is 45.4 Å². The molecule has 5 nitrogen and oxygen atoms in total. The number of piperazine rings is 1. The molecule has 0 spiro atoms. The largest absolute Gasteiger partial charge is 0.304 e. The van der Waals surface area contributed by atoms with Crippen molar-refractivity contribution in [3.8, 4) is 0 Å². The quantitative estimate of drug-likeness (QED) is 0.905. The van der Waals surface area contributed by atoms with Crippen molar-refractivity contribution in [2.45, 2.75) is 42.7 Å². The van der Waals surface area contributed by atoms with Crippen LogP contribution in [0.4, 0.5) is 0 Å². The van der Waals surface area contributed by atoms with Gasteiger partial charge in [0.05, 0.1) is 4.90 Å². The summed E-state index contributed by atoms with van der Waals surface area (Å²) in [7, 11) is -1.28. The molecular formula is C17H27N3O2S. The molecule has 2 atom stereocenters. The second kappa shape index (κ2) is 7.30. The number of likely N-dealkylation sites (N-methyl/N-ethyl adjacent to an activating group) is 1. The molecule has 0 aromatic heterocycles. The Labute approximate surface area is 139 Å². The monoisotopic (exact) mass is 337 g/mol. The summed E-state index contributed by atoms with van der Waals surface area (Å²) in [5.41, 5.74) is 0. The standard InChI is InChI=1S/C17H27N3O2S/c1-19-11-13-20(14-12-19)17-10-6-5-9-16(17)18-23(21,22)15-7-3-2-4-8-15/h2-4,7-8,16-18H,5-6,9-14H2,1H3/t16-,17-/m0/s1. The second-order valence-corrected chi connectivity index (χ2v) is 8.45. The number of nitrogens with one attached hydrogen (secondary N) is 1. The third-order valence-corrected chi connectivity index (χ3v) is 6.60. The zero-order valence-electron chi connectivity index (χ0n) is 13.8. The van der Waals surface area contributed by atoms with Crippen LogP contribution in [0, 0.1) is 0 Å². The Morgan fingerprint density at radius 1 is 1.00 bits per heavy atom. The zero-order valence-corrected chi connectivity index (χ0v) is 14.6. The number of nitrogens with zero attached hydrogens (tertiary/aromatic N) is 2. The molecule has 1 aliphatic heterocycles. The Bertz CT molecular complexity index is 598. The van der Waals surface area contributed by atoms with E-state index in [1.165, 1.54) is 6.42 Å². The Balaban J connectivity index is 1.72. The fourth-order valence-electron chi connectivity index (χ4n) is 3.71. The van der Waals surface area contributed by atoms with Gasteiger partial charge in [0.25, 0.3) is 0 Å². The van der Waals surface area contributed by atoms with E-state index in [0.29, 0.717) is 10.9 Å². The van der Waals surface area contributed by atoms with Crippen molar-refractivity contribution >= 4 is 10.0 Å². The Hall–Kier alpha value is -0.950. The number of hydrogen-bond acceptors (Lipinski definition) is 4. The predicted octanol–water partition coefficient (Wildman–Crippen LogP) is 1.52. The maximum absolute atomic E-state index is 12.6. The van der Waals surface area contributed by atoms with Gasteiger partial charge in [0.1, 0.15) is 0 Å². The van der Waals surface area contributed by atoms with Gasteiger partial charge in [-0.25, -0.2) is 13.1 Å². The first kappa shape index (κ1) is 16.9. The molecule has 1 aromatic rings.